The van der Waals surface area contributed by atoms with Crippen molar-refractivity contribution in [3.63, 3.8) is 0 Å². The van der Waals surface area contributed by atoms with Crippen LogP contribution in [0.5, 0.6) is 0 Å². The fourth-order valence-corrected chi connectivity index (χ4v) is 3.91. The highest BCUT2D eigenvalue weighted by atomic mass is 16.2. The van der Waals surface area contributed by atoms with Crippen molar-refractivity contribution in [2.45, 2.75) is 52.0 Å². The second-order valence-corrected chi connectivity index (χ2v) is 7.13. The van der Waals surface area contributed by atoms with Gasteiger partial charge in [0, 0.05) is 26.2 Å². The zero-order chi connectivity index (χ0) is 16.1. The van der Waals surface area contributed by atoms with E-state index in [1.165, 1.54) is 30.4 Å². The Morgan fingerprint density at radius 3 is 2.39 bits per heavy atom. The molecular weight excluding hydrogens is 284 g/mol. The summed E-state index contributed by atoms with van der Waals surface area (Å²) in [6.45, 7) is 7.19. The topological polar surface area (TPSA) is 23.6 Å². The first-order valence-electron chi connectivity index (χ1n) is 9.35. The second-order valence-electron chi connectivity index (χ2n) is 7.13. The van der Waals surface area contributed by atoms with Gasteiger partial charge in [-0.1, -0.05) is 31.2 Å². The van der Waals surface area contributed by atoms with Crippen molar-refractivity contribution in [1.82, 2.24) is 9.80 Å². The molecule has 0 aromatic heterocycles. The van der Waals surface area contributed by atoms with Gasteiger partial charge in [-0.25, -0.2) is 0 Å². The number of nitrogens with zero attached hydrogens (tertiary/aromatic N) is 2. The predicted octanol–water partition coefficient (Wildman–Crippen LogP) is 3.47. The minimum Gasteiger partial charge on any atom is -0.342 e. The maximum absolute atomic E-state index is 12.7. The van der Waals surface area contributed by atoms with Gasteiger partial charge in [-0.05, 0) is 56.2 Å². The van der Waals surface area contributed by atoms with Crippen LogP contribution in [0.3, 0.4) is 0 Å². The summed E-state index contributed by atoms with van der Waals surface area (Å²) in [6, 6.07) is 8.95. The molecule has 23 heavy (non-hydrogen) atoms. The molecule has 1 amide bonds. The SMILES string of the molecule is CCc1ccc(CN2CCC[C@@H](C(=O)N3CCCCC3)C2)cc1. The van der Waals surface area contributed by atoms with Crippen LogP contribution in [0, 0.1) is 5.92 Å². The molecular formula is C20H30N2O. The number of carbonyl (C=O) groups excluding carboxylic acids is 1. The summed E-state index contributed by atoms with van der Waals surface area (Å²) in [5.74, 6) is 0.632. The van der Waals surface area contributed by atoms with E-state index in [2.05, 4.69) is 41.0 Å². The van der Waals surface area contributed by atoms with Crippen LogP contribution in [0.4, 0.5) is 0 Å². The molecule has 3 rings (SSSR count). The molecule has 0 aliphatic carbocycles. The maximum Gasteiger partial charge on any atom is 0.226 e. The third-order valence-corrected chi connectivity index (χ3v) is 5.36. The molecule has 0 radical (unpaired) electrons. The molecule has 2 aliphatic heterocycles. The number of benzene rings is 1. The highest BCUT2D eigenvalue weighted by molar-refractivity contribution is 5.79. The van der Waals surface area contributed by atoms with E-state index < -0.39 is 0 Å². The lowest BCUT2D eigenvalue weighted by molar-refractivity contribution is -0.138. The van der Waals surface area contributed by atoms with E-state index in [0.29, 0.717) is 5.91 Å². The lowest BCUT2D eigenvalue weighted by Crippen LogP contribution is -2.46. The number of hydrogen-bond donors (Lipinski definition) is 0. The van der Waals surface area contributed by atoms with Gasteiger partial charge in [-0.2, -0.15) is 0 Å². The summed E-state index contributed by atoms with van der Waals surface area (Å²) in [5.41, 5.74) is 2.76. The van der Waals surface area contributed by atoms with Crippen molar-refractivity contribution in [2.24, 2.45) is 5.92 Å². The fraction of sp³-hybridized carbons (Fsp3) is 0.650. The average Bonchev–Trinajstić information content (AvgIpc) is 2.63. The molecule has 2 saturated heterocycles. The largest absolute Gasteiger partial charge is 0.342 e. The van der Waals surface area contributed by atoms with E-state index in [-0.39, 0.29) is 5.92 Å². The molecule has 3 heteroatoms. The molecule has 2 aliphatic rings. The second kappa shape index (κ2) is 7.96. The first-order valence-corrected chi connectivity index (χ1v) is 9.35. The normalized spacial score (nSPS) is 23.0. The number of hydrogen-bond acceptors (Lipinski definition) is 2. The molecule has 1 aromatic rings. The smallest absolute Gasteiger partial charge is 0.226 e. The lowest BCUT2D eigenvalue weighted by Gasteiger charge is -2.36. The van der Waals surface area contributed by atoms with E-state index in [0.717, 1.165) is 52.0 Å². The van der Waals surface area contributed by atoms with E-state index in [4.69, 9.17) is 0 Å². The molecule has 1 aromatic carbocycles. The third-order valence-electron chi connectivity index (χ3n) is 5.36. The average molecular weight is 314 g/mol. The van der Waals surface area contributed by atoms with E-state index in [9.17, 15) is 4.79 Å². The van der Waals surface area contributed by atoms with E-state index in [1.54, 1.807) is 0 Å². The van der Waals surface area contributed by atoms with Gasteiger partial charge in [0.15, 0.2) is 0 Å². The Bertz CT molecular complexity index is 505. The van der Waals surface area contributed by atoms with Gasteiger partial charge in [0.25, 0.3) is 0 Å². The lowest BCUT2D eigenvalue weighted by atomic mass is 9.95. The Morgan fingerprint density at radius 1 is 1.00 bits per heavy atom. The number of amides is 1. The molecule has 0 spiro atoms. The molecule has 0 N–H and O–H groups in total. The van der Waals surface area contributed by atoms with Crippen molar-refractivity contribution >= 4 is 5.91 Å². The summed E-state index contributed by atoms with van der Waals surface area (Å²) in [6.07, 6.45) is 6.97. The summed E-state index contributed by atoms with van der Waals surface area (Å²) in [4.78, 5) is 17.3. The van der Waals surface area contributed by atoms with Gasteiger partial charge in [-0.15, -0.1) is 0 Å². The van der Waals surface area contributed by atoms with Gasteiger partial charge in [0.1, 0.15) is 0 Å². The van der Waals surface area contributed by atoms with Crippen LogP contribution in [0.2, 0.25) is 0 Å². The Kier molecular flexibility index (Phi) is 5.71. The van der Waals surface area contributed by atoms with Gasteiger partial charge < -0.3 is 4.90 Å². The van der Waals surface area contributed by atoms with Crippen LogP contribution < -0.4 is 0 Å². The van der Waals surface area contributed by atoms with Crippen LogP contribution in [0.25, 0.3) is 0 Å². The molecule has 1 atom stereocenters. The molecule has 2 heterocycles. The highest BCUT2D eigenvalue weighted by Crippen LogP contribution is 2.22. The number of carbonyl (C=O) groups is 1. The van der Waals surface area contributed by atoms with Crippen molar-refractivity contribution in [2.75, 3.05) is 26.2 Å². The Hall–Kier alpha value is -1.35. The third kappa shape index (κ3) is 4.35. The maximum atomic E-state index is 12.7. The van der Waals surface area contributed by atoms with Crippen molar-refractivity contribution < 1.29 is 4.79 Å². The Labute approximate surface area is 140 Å². The molecule has 2 fully saturated rings. The quantitative estimate of drug-likeness (QED) is 0.849. The number of likely N-dealkylation sites (tertiary alicyclic amines) is 2. The standard InChI is InChI=1S/C20H30N2O/c1-2-17-8-10-18(11-9-17)15-21-12-6-7-19(16-21)20(23)22-13-4-3-5-14-22/h8-11,19H,2-7,12-16H2,1H3/t19-/m1/s1. The van der Waals surface area contributed by atoms with Crippen molar-refractivity contribution in [3.05, 3.63) is 35.4 Å². The molecule has 0 saturated carbocycles. The van der Waals surface area contributed by atoms with Crippen LogP contribution in [0.1, 0.15) is 50.2 Å². The van der Waals surface area contributed by atoms with Gasteiger partial charge in [0.2, 0.25) is 5.91 Å². The fourth-order valence-electron chi connectivity index (χ4n) is 3.91. The van der Waals surface area contributed by atoms with E-state index in [1.807, 2.05) is 0 Å². The van der Waals surface area contributed by atoms with Crippen LogP contribution in [0.15, 0.2) is 24.3 Å². The minimum atomic E-state index is 0.219. The molecule has 3 nitrogen and oxygen atoms in total. The first kappa shape index (κ1) is 16.5. The van der Waals surface area contributed by atoms with Gasteiger partial charge in [0.05, 0.1) is 5.92 Å². The van der Waals surface area contributed by atoms with E-state index >= 15 is 0 Å². The summed E-state index contributed by atoms with van der Waals surface area (Å²) in [7, 11) is 0. The van der Waals surface area contributed by atoms with Crippen molar-refractivity contribution in [3.8, 4) is 0 Å². The van der Waals surface area contributed by atoms with Crippen molar-refractivity contribution in [1.29, 1.82) is 0 Å². The van der Waals surface area contributed by atoms with Gasteiger partial charge in [-0.3, -0.25) is 9.69 Å². The van der Waals surface area contributed by atoms with Crippen LogP contribution in [-0.2, 0) is 17.8 Å². The molecule has 0 unspecified atom stereocenters. The number of piperidine rings is 2. The number of aryl methyl sites for hydroxylation is 1. The molecule has 126 valence electrons. The van der Waals surface area contributed by atoms with Crippen LogP contribution in [-0.4, -0.2) is 41.9 Å². The van der Waals surface area contributed by atoms with Gasteiger partial charge >= 0.3 is 0 Å². The Morgan fingerprint density at radius 2 is 1.70 bits per heavy atom. The summed E-state index contributed by atoms with van der Waals surface area (Å²) < 4.78 is 0. The zero-order valence-corrected chi connectivity index (χ0v) is 14.5. The highest BCUT2D eigenvalue weighted by Gasteiger charge is 2.29. The number of rotatable bonds is 4. The minimum absolute atomic E-state index is 0.219. The first-order chi connectivity index (χ1) is 11.3. The zero-order valence-electron chi connectivity index (χ0n) is 14.5. The summed E-state index contributed by atoms with van der Waals surface area (Å²) >= 11 is 0. The Balaban J connectivity index is 1.55. The van der Waals surface area contributed by atoms with Crippen LogP contribution >= 0.6 is 0 Å². The predicted molar refractivity (Wildman–Crippen MR) is 94.3 cm³/mol. The molecule has 0 bridgehead atoms. The summed E-state index contributed by atoms with van der Waals surface area (Å²) in [5, 5.41) is 0. The monoisotopic (exact) mass is 314 g/mol.